The summed E-state index contributed by atoms with van der Waals surface area (Å²) >= 11 is 0.923. The molecule has 1 aliphatic heterocycles. The summed E-state index contributed by atoms with van der Waals surface area (Å²) in [6, 6.07) is 3.73. The van der Waals surface area contributed by atoms with Crippen molar-refractivity contribution < 1.29 is 14.3 Å². The zero-order valence-corrected chi connectivity index (χ0v) is 11.2. The van der Waals surface area contributed by atoms with Crippen LogP contribution in [-0.2, 0) is 4.79 Å². The number of carbonyl (C=O) groups is 2. The molecule has 0 aromatic heterocycles. The van der Waals surface area contributed by atoms with Gasteiger partial charge in [-0.05, 0) is 54.4 Å². The first-order chi connectivity index (χ1) is 8.52. The number of ether oxygens (including phenoxy) is 1. The van der Waals surface area contributed by atoms with Crippen molar-refractivity contribution in [3.05, 3.63) is 33.7 Å². The van der Waals surface area contributed by atoms with Crippen molar-refractivity contribution in [3.8, 4) is 5.75 Å². The van der Waals surface area contributed by atoms with E-state index < -0.39 is 0 Å². The van der Waals surface area contributed by atoms with Crippen molar-refractivity contribution in [3.63, 3.8) is 0 Å². The van der Waals surface area contributed by atoms with Gasteiger partial charge in [-0.3, -0.25) is 14.9 Å². The zero-order valence-electron chi connectivity index (χ0n) is 10.4. The van der Waals surface area contributed by atoms with Gasteiger partial charge in [0.05, 0.1) is 12.0 Å². The molecular weight excluding hydrogens is 250 g/mol. The zero-order chi connectivity index (χ0) is 13.3. The SMILES string of the molecule is COc1ccc(/C=C2\SC(=O)NC2=O)c(C)c1C. The quantitative estimate of drug-likeness (QED) is 0.833. The molecule has 0 unspecified atom stereocenters. The predicted molar refractivity (Wildman–Crippen MR) is 71.6 cm³/mol. The monoisotopic (exact) mass is 263 g/mol. The maximum atomic E-state index is 11.5. The fourth-order valence-electron chi connectivity index (χ4n) is 1.76. The number of methoxy groups -OCH3 is 1. The summed E-state index contributed by atoms with van der Waals surface area (Å²) in [4.78, 5) is 23.0. The maximum Gasteiger partial charge on any atom is 0.290 e. The Bertz CT molecular complexity index is 564. The van der Waals surface area contributed by atoms with E-state index in [1.54, 1.807) is 13.2 Å². The minimum Gasteiger partial charge on any atom is -0.496 e. The van der Waals surface area contributed by atoms with Gasteiger partial charge in [0.1, 0.15) is 5.75 Å². The number of thioether (sulfide) groups is 1. The van der Waals surface area contributed by atoms with Crippen molar-refractivity contribution in [2.75, 3.05) is 7.11 Å². The van der Waals surface area contributed by atoms with Crippen molar-refractivity contribution in [2.45, 2.75) is 13.8 Å². The molecule has 2 rings (SSSR count). The summed E-state index contributed by atoms with van der Waals surface area (Å²) in [7, 11) is 1.62. The van der Waals surface area contributed by atoms with Gasteiger partial charge in [0, 0.05) is 0 Å². The second kappa shape index (κ2) is 4.86. The van der Waals surface area contributed by atoms with Crippen LogP contribution in [0, 0.1) is 13.8 Å². The third kappa shape index (κ3) is 2.26. The third-order valence-electron chi connectivity index (χ3n) is 2.93. The largest absolute Gasteiger partial charge is 0.496 e. The highest BCUT2D eigenvalue weighted by Crippen LogP contribution is 2.29. The van der Waals surface area contributed by atoms with Gasteiger partial charge in [-0.15, -0.1) is 0 Å². The number of imide groups is 1. The molecular formula is C13H13NO3S. The van der Waals surface area contributed by atoms with Crippen LogP contribution in [0.4, 0.5) is 4.79 Å². The first kappa shape index (κ1) is 12.7. The number of carbonyl (C=O) groups excluding carboxylic acids is 2. The van der Waals surface area contributed by atoms with E-state index in [1.165, 1.54) is 0 Å². The van der Waals surface area contributed by atoms with Crippen LogP contribution in [0.5, 0.6) is 5.75 Å². The Morgan fingerprint density at radius 2 is 1.94 bits per heavy atom. The van der Waals surface area contributed by atoms with Crippen molar-refractivity contribution in [1.29, 1.82) is 0 Å². The highest BCUT2D eigenvalue weighted by Gasteiger charge is 2.25. The summed E-state index contributed by atoms with van der Waals surface area (Å²) in [5.41, 5.74) is 2.98. The molecule has 4 nitrogen and oxygen atoms in total. The Labute approximate surface area is 109 Å². The molecule has 0 radical (unpaired) electrons. The summed E-state index contributed by atoms with van der Waals surface area (Å²) in [6.45, 7) is 3.92. The highest BCUT2D eigenvalue weighted by molar-refractivity contribution is 8.18. The number of amides is 2. The summed E-state index contributed by atoms with van der Waals surface area (Å²) < 4.78 is 5.23. The van der Waals surface area contributed by atoms with E-state index in [2.05, 4.69) is 5.32 Å². The molecule has 0 saturated carbocycles. The molecule has 5 heteroatoms. The van der Waals surface area contributed by atoms with Gasteiger partial charge < -0.3 is 4.74 Å². The van der Waals surface area contributed by atoms with E-state index in [9.17, 15) is 9.59 Å². The van der Waals surface area contributed by atoms with Gasteiger partial charge >= 0.3 is 0 Å². The average molecular weight is 263 g/mol. The number of hydrogen-bond donors (Lipinski definition) is 1. The normalized spacial score (nSPS) is 17.2. The van der Waals surface area contributed by atoms with Crippen molar-refractivity contribution in [1.82, 2.24) is 5.32 Å². The van der Waals surface area contributed by atoms with Crippen LogP contribution in [0.25, 0.3) is 6.08 Å². The highest BCUT2D eigenvalue weighted by atomic mass is 32.2. The van der Waals surface area contributed by atoms with Crippen LogP contribution in [0.3, 0.4) is 0 Å². The van der Waals surface area contributed by atoms with E-state index in [1.807, 2.05) is 26.0 Å². The Morgan fingerprint density at radius 3 is 2.50 bits per heavy atom. The van der Waals surface area contributed by atoms with E-state index in [0.29, 0.717) is 4.91 Å². The Morgan fingerprint density at radius 1 is 1.22 bits per heavy atom. The summed E-state index contributed by atoms with van der Waals surface area (Å²) in [6.07, 6.45) is 1.73. The van der Waals surface area contributed by atoms with Gasteiger partial charge in [0.15, 0.2) is 0 Å². The molecule has 2 amide bonds. The predicted octanol–water partition coefficient (Wildman–Crippen LogP) is 2.64. The van der Waals surface area contributed by atoms with Crippen LogP contribution in [0.1, 0.15) is 16.7 Å². The molecule has 18 heavy (non-hydrogen) atoms. The molecule has 0 bridgehead atoms. The Balaban J connectivity index is 2.41. The minimum absolute atomic E-state index is 0.325. The lowest BCUT2D eigenvalue weighted by Gasteiger charge is -2.10. The van der Waals surface area contributed by atoms with E-state index in [0.717, 1.165) is 34.2 Å². The molecule has 1 fully saturated rings. The van der Waals surface area contributed by atoms with Crippen LogP contribution in [-0.4, -0.2) is 18.3 Å². The topological polar surface area (TPSA) is 55.4 Å². The molecule has 0 atom stereocenters. The van der Waals surface area contributed by atoms with Gasteiger partial charge in [0.25, 0.3) is 11.1 Å². The van der Waals surface area contributed by atoms with Crippen molar-refractivity contribution in [2.24, 2.45) is 0 Å². The lowest BCUT2D eigenvalue weighted by molar-refractivity contribution is -0.115. The fraction of sp³-hybridized carbons (Fsp3) is 0.231. The minimum atomic E-state index is -0.335. The Kier molecular flexibility index (Phi) is 3.43. The smallest absolute Gasteiger partial charge is 0.290 e. The number of rotatable bonds is 2. The summed E-state index contributed by atoms with van der Waals surface area (Å²) in [5.74, 6) is 0.479. The van der Waals surface area contributed by atoms with E-state index in [-0.39, 0.29) is 11.1 Å². The number of benzene rings is 1. The molecule has 1 heterocycles. The molecule has 1 aromatic rings. The van der Waals surface area contributed by atoms with Crippen LogP contribution in [0.15, 0.2) is 17.0 Å². The van der Waals surface area contributed by atoms with E-state index >= 15 is 0 Å². The van der Waals surface area contributed by atoms with Gasteiger partial charge in [-0.1, -0.05) is 6.07 Å². The average Bonchev–Trinajstić information content (AvgIpc) is 2.64. The number of nitrogens with one attached hydrogen (secondary N) is 1. The lowest BCUT2D eigenvalue weighted by atomic mass is 10.0. The molecule has 94 valence electrons. The Hall–Kier alpha value is -1.75. The molecule has 1 aromatic carbocycles. The molecule has 0 spiro atoms. The van der Waals surface area contributed by atoms with Gasteiger partial charge in [-0.25, -0.2) is 0 Å². The van der Waals surface area contributed by atoms with Crippen molar-refractivity contribution >= 4 is 29.0 Å². The standard InChI is InChI=1S/C13H13NO3S/c1-7-8(2)10(17-3)5-4-9(7)6-11-12(15)14-13(16)18-11/h4-6H,1-3H3,(H,14,15,16)/b11-6-. The van der Waals surface area contributed by atoms with E-state index in [4.69, 9.17) is 4.74 Å². The summed E-state index contributed by atoms with van der Waals surface area (Å²) in [5, 5.41) is 1.91. The first-order valence-electron chi connectivity index (χ1n) is 5.42. The third-order valence-corrected chi connectivity index (χ3v) is 3.74. The lowest BCUT2D eigenvalue weighted by Crippen LogP contribution is -2.17. The maximum absolute atomic E-state index is 11.5. The first-order valence-corrected chi connectivity index (χ1v) is 6.23. The van der Waals surface area contributed by atoms with Gasteiger partial charge in [0.2, 0.25) is 0 Å². The van der Waals surface area contributed by atoms with Gasteiger partial charge in [-0.2, -0.15) is 0 Å². The second-order valence-electron chi connectivity index (χ2n) is 3.96. The molecule has 1 N–H and O–H groups in total. The fourth-order valence-corrected chi connectivity index (χ4v) is 2.43. The van der Waals surface area contributed by atoms with Crippen LogP contribution < -0.4 is 10.1 Å². The number of hydrogen-bond acceptors (Lipinski definition) is 4. The van der Waals surface area contributed by atoms with Crippen LogP contribution in [0.2, 0.25) is 0 Å². The van der Waals surface area contributed by atoms with Crippen LogP contribution >= 0.6 is 11.8 Å². The molecule has 1 saturated heterocycles. The molecule has 0 aliphatic carbocycles. The second-order valence-corrected chi connectivity index (χ2v) is 4.97. The molecule has 1 aliphatic rings.